The fourth-order valence-electron chi connectivity index (χ4n) is 2.19. The van der Waals surface area contributed by atoms with E-state index >= 15 is 0 Å². The summed E-state index contributed by atoms with van der Waals surface area (Å²) in [6.07, 6.45) is 1.63. The second-order valence-electron chi connectivity index (χ2n) is 4.27. The first-order valence-corrected chi connectivity index (χ1v) is 5.99. The quantitative estimate of drug-likeness (QED) is 0.725. The number of hydrogen-bond acceptors (Lipinski definition) is 1. The van der Waals surface area contributed by atoms with Crippen molar-refractivity contribution in [2.24, 2.45) is 0 Å². The molecular weight excluding hydrogens is 218 g/mol. The summed E-state index contributed by atoms with van der Waals surface area (Å²) < 4.78 is 0. The lowest BCUT2D eigenvalue weighted by Gasteiger charge is -2.18. The molecule has 0 amide bonds. The van der Waals surface area contributed by atoms with Crippen molar-refractivity contribution >= 4 is 0 Å². The van der Waals surface area contributed by atoms with Crippen LogP contribution in [0, 0.1) is 11.3 Å². The molecule has 2 rings (SSSR count). The third-order valence-corrected chi connectivity index (χ3v) is 3.01. The Morgan fingerprint density at radius 3 is 1.78 bits per heavy atom. The van der Waals surface area contributed by atoms with Crippen LogP contribution in [0.25, 0.3) is 0 Å². The van der Waals surface area contributed by atoms with Crippen molar-refractivity contribution < 1.29 is 0 Å². The molecule has 0 radical (unpaired) electrons. The highest BCUT2D eigenvalue weighted by molar-refractivity contribution is 5.41. The topological polar surface area (TPSA) is 23.8 Å². The van der Waals surface area contributed by atoms with E-state index in [9.17, 15) is 0 Å². The van der Waals surface area contributed by atoms with Crippen molar-refractivity contribution in [3.05, 3.63) is 83.4 Å². The summed E-state index contributed by atoms with van der Waals surface area (Å²) in [5.74, 6) is 0.159. The van der Waals surface area contributed by atoms with Crippen LogP contribution in [0.5, 0.6) is 0 Å². The van der Waals surface area contributed by atoms with Crippen LogP contribution in [0.15, 0.2) is 72.3 Å². The van der Waals surface area contributed by atoms with Crippen molar-refractivity contribution in [2.45, 2.75) is 12.8 Å². The van der Waals surface area contributed by atoms with Crippen molar-refractivity contribution in [1.82, 2.24) is 0 Å². The molecule has 0 aliphatic heterocycles. The predicted octanol–water partition coefficient (Wildman–Crippen LogP) is 4.29. The average molecular weight is 233 g/mol. The maximum atomic E-state index is 8.85. The Balaban J connectivity index is 2.49. The molecule has 88 valence electrons. The van der Waals surface area contributed by atoms with Crippen LogP contribution in [0.4, 0.5) is 0 Å². The van der Waals surface area contributed by atoms with E-state index in [2.05, 4.69) is 30.3 Å². The number of allylic oxidation sites excluding steroid dienone is 2. The molecule has 0 saturated heterocycles. The van der Waals surface area contributed by atoms with E-state index in [1.807, 2.05) is 43.3 Å². The second kappa shape index (κ2) is 5.84. The number of rotatable bonds is 3. The standard InChI is InChI=1S/C17H15N/c1-14(12-13-18)17(15-8-4-2-5-9-15)16-10-6-3-7-11-16/h2-12,17H,1H3. The van der Waals surface area contributed by atoms with Gasteiger partial charge in [0.25, 0.3) is 0 Å². The van der Waals surface area contributed by atoms with Gasteiger partial charge in [0.05, 0.1) is 6.07 Å². The van der Waals surface area contributed by atoms with Crippen LogP contribution in [0.3, 0.4) is 0 Å². The predicted molar refractivity (Wildman–Crippen MR) is 74.1 cm³/mol. The fourth-order valence-corrected chi connectivity index (χ4v) is 2.19. The Bertz CT molecular complexity index is 522. The highest BCUT2D eigenvalue weighted by Crippen LogP contribution is 2.31. The first kappa shape index (κ1) is 12.1. The van der Waals surface area contributed by atoms with E-state index in [1.54, 1.807) is 6.08 Å². The van der Waals surface area contributed by atoms with Crippen molar-refractivity contribution in [3.8, 4) is 6.07 Å². The van der Waals surface area contributed by atoms with Gasteiger partial charge < -0.3 is 0 Å². The SMILES string of the molecule is CC(=CC#N)C(c1ccccc1)c1ccccc1. The van der Waals surface area contributed by atoms with E-state index < -0.39 is 0 Å². The monoisotopic (exact) mass is 233 g/mol. The normalized spacial score (nSPS) is 11.3. The largest absolute Gasteiger partial charge is 0.193 e. The first-order valence-electron chi connectivity index (χ1n) is 5.99. The Morgan fingerprint density at radius 1 is 0.944 bits per heavy atom. The van der Waals surface area contributed by atoms with Gasteiger partial charge in [-0.05, 0) is 18.1 Å². The smallest absolute Gasteiger partial charge is 0.0911 e. The van der Waals surface area contributed by atoms with Gasteiger partial charge in [0.1, 0.15) is 0 Å². The van der Waals surface area contributed by atoms with Crippen LogP contribution in [0.1, 0.15) is 24.0 Å². The van der Waals surface area contributed by atoms with Gasteiger partial charge in [0.15, 0.2) is 0 Å². The molecule has 1 heteroatoms. The van der Waals surface area contributed by atoms with Gasteiger partial charge in [-0.25, -0.2) is 0 Å². The van der Waals surface area contributed by atoms with Crippen molar-refractivity contribution in [2.75, 3.05) is 0 Å². The number of hydrogen-bond donors (Lipinski definition) is 0. The third kappa shape index (κ3) is 2.67. The van der Waals surface area contributed by atoms with Crippen LogP contribution in [0.2, 0.25) is 0 Å². The summed E-state index contributed by atoms with van der Waals surface area (Å²) in [6, 6.07) is 22.7. The zero-order valence-corrected chi connectivity index (χ0v) is 10.4. The van der Waals surface area contributed by atoms with E-state index in [4.69, 9.17) is 5.26 Å². The maximum Gasteiger partial charge on any atom is 0.0911 e. The van der Waals surface area contributed by atoms with E-state index in [0.717, 1.165) is 5.57 Å². The molecule has 0 spiro atoms. The Kier molecular flexibility index (Phi) is 3.94. The molecule has 0 fully saturated rings. The number of benzene rings is 2. The molecule has 0 heterocycles. The van der Waals surface area contributed by atoms with Crippen molar-refractivity contribution in [1.29, 1.82) is 5.26 Å². The fraction of sp³-hybridized carbons (Fsp3) is 0.118. The maximum absolute atomic E-state index is 8.85. The summed E-state index contributed by atoms with van der Waals surface area (Å²) in [7, 11) is 0. The minimum Gasteiger partial charge on any atom is -0.193 e. The average Bonchev–Trinajstić information content (AvgIpc) is 2.42. The van der Waals surface area contributed by atoms with Gasteiger partial charge >= 0.3 is 0 Å². The van der Waals surface area contributed by atoms with Crippen LogP contribution in [-0.2, 0) is 0 Å². The molecule has 0 aliphatic carbocycles. The van der Waals surface area contributed by atoms with Crippen molar-refractivity contribution in [3.63, 3.8) is 0 Å². The minimum absolute atomic E-state index is 0.159. The zero-order chi connectivity index (χ0) is 12.8. The zero-order valence-electron chi connectivity index (χ0n) is 10.4. The molecule has 0 aromatic heterocycles. The lowest BCUT2D eigenvalue weighted by molar-refractivity contribution is 0.947. The number of nitrogens with zero attached hydrogens (tertiary/aromatic N) is 1. The second-order valence-corrected chi connectivity index (χ2v) is 4.27. The third-order valence-electron chi connectivity index (χ3n) is 3.01. The van der Waals surface area contributed by atoms with Gasteiger partial charge in [-0.15, -0.1) is 0 Å². The molecule has 2 aromatic rings. The van der Waals surface area contributed by atoms with Gasteiger partial charge in [0, 0.05) is 12.0 Å². The molecule has 0 atom stereocenters. The molecule has 2 aromatic carbocycles. The Hall–Kier alpha value is -2.33. The Labute approximate surface area is 108 Å². The lowest BCUT2D eigenvalue weighted by atomic mass is 9.85. The van der Waals surface area contributed by atoms with Gasteiger partial charge in [-0.2, -0.15) is 5.26 Å². The van der Waals surface area contributed by atoms with E-state index in [1.165, 1.54) is 11.1 Å². The molecule has 0 bridgehead atoms. The summed E-state index contributed by atoms with van der Waals surface area (Å²) in [5, 5.41) is 8.85. The molecule has 0 N–H and O–H groups in total. The summed E-state index contributed by atoms with van der Waals surface area (Å²) >= 11 is 0. The van der Waals surface area contributed by atoms with Gasteiger partial charge in [-0.1, -0.05) is 66.2 Å². The van der Waals surface area contributed by atoms with Crippen LogP contribution in [-0.4, -0.2) is 0 Å². The molecule has 0 aliphatic rings. The van der Waals surface area contributed by atoms with Gasteiger partial charge in [0.2, 0.25) is 0 Å². The van der Waals surface area contributed by atoms with E-state index in [-0.39, 0.29) is 5.92 Å². The van der Waals surface area contributed by atoms with Crippen LogP contribution >= 0.6 is 0 Å². The molecule has 1 nitrogen and oxygen atoms in total. The Morgan fingerprint density at radius 2 is 1.39 bits per heavy atom. The minimum atomic E-state index is 0.159. The lowest BCUT2D eigenvalue weighted by Crippen LogP contribution is -2.02. The number of nitriles is 1. The summed E-state index contributed by atoms with van der Waals surface area (Å²) in [6.45, 7) is 2.01. The highest BCUT2D eigenvalue weighted by Gasteiger charge is 2.15. The van der Waals surface area contributed by atoms with Gasteiger partial charge in [-0.3, -0.25) is 0 Å². The molecule has 0 saturated carbocycles. The summed E-state index contributed by atoms with van der Waals surface area (Å²) in [4.78, 5) is 0. The summed E-state index contributed by atoms with van der Waals surface area (Å²) in [5.41, 5.74) is 3.50. The molecular formula is C17H15N. The molecule has 18 heavy (non-hydrogen) atoms. The molecule has 0 unspecified atom stereocenters. The van der Waals surface area contributed by atoms with E-state index in [0.29, 0.717) is 0 Å². The van der Waals surface area contributed by atoms with Crippen LogP contribution < -0.4 is 0 Å². The first-order chi connectivity index (χ1) is 8.83. The highest BCUT2D eigenvalue weighted by atomic mass is 14.2.